The summed E-state index contributed by atoms with van der Waals surface area (Å²) in [5.74, 6) is 0. The second-order valence-electron chi connectivity index (χ2n) is 2.38. The number of fused-ring (bicyclic) bond motifs is 1. The number of rotatable bonds is 0. The lowest BCUT2D eigenvalue weighted by molar-refractivity contribution is 0.688. The molecule has 11 heavy (non-hydrogen) atoms. The van der Waals surface area contributed by atoms with Crippen LogP contribution in [0.4, 0.5) is 0 Å². The molecule has 1 N–H and O–H groups in total. The predicted octanol–water partition coefficient (Wildman–Crippen LogP) is 1.05. The Balaban J connectivity index is 0.000000281. The average Bonchev–Trinajstić information content (AvgIpc) is 2.51. The molecule has 2 heterocycles. The zero-order valence-corrected chi connectivity index (χ0v) is 7.39. The molecular weight excluding hydrogens is 138 g/mol. The summed E-state index contributed by atoms with van der Waals surface area (Å²) in [5, 5.41) is 7.46. The molecule has 1 aliphatic rings. The van der Waals surface area contributed by atoms with Crippen molar-refractivity contribution in [2.45, 2.75) is 26.9 Å². The zero-order valence-electron chi connectivity index (χ0n) is 7.39. The van der Waals surface area contributed by atoms with E-state index in [2.05, 4.69) is 16.6 Å². The lowest BCUT2D eigenvalue weighted by Gasteiger charge is -1.88. The van der Waals surface area contributed by atoms with Gasteiger partial charge in [-0.05, 0) is 0 Å². The van der Waals surface area contributed by atoms with Gasteiger partial charge >= 0.3 is 0 Å². The molecule has 1 aliphatic heterocycles. The molecule has 2 rings (SSSR count). The van der Waals surface area contributed by atoms with E-state index in [1.54, 1.807) is 0 Å². The Morgan fingerprint density at radius 3 is 2.82 bits per heavy atom. The van der Waals surface area contributed by atoms with Crippen LogP contribution in [-0.4, -0.2) is 9.78 Å². The van der Waals surface area contributed by atoms with E-state index in [-0.39, 0.29) is 0 Å². The van der Waals surface area contributed by atoms with Gasteiger partial charge in [-0.3, -0.25) is 4.68 Å². The molecule has 1 aromatic heterocycles. The molecule has 0 amide bonds. The van der Waals surface area contributed by atoms with Gasteiger partial charge in [-0.15, -0.1) is 0 Å². The van der Waals surface area contributed by atoms with Crippen LogP contribution < -0.4 is 5.32 Å². The Morgan fingerprint density at radius 1 is 1.45 bits per heavy atom. The number of aryl methyl sites for hydroxylation is 1. The first-order valence-corrected chi connectivity index (χ1v) is 4.08. The third-order valence-electron chi connectivity index (χ3n) is 1.60. The first-order chi connectivity index (χ1) is 5.36. The number of nitrogens with zero attached hydrogens (tertiary/aromatic N) is 2. The van der Waals surface area contributed by atoms with Crippen LogP contribution in [0.5, 0.6) is 0 Å². The highest BCUT2D eigenvalue weighted by Gasteiger charge is 2.12. The molecule has 62 valence electrons. The fourth-order valence-electron chi connectivity index (χ4n) is 1.20. The molecule has 0 unspecified atom stereocenters. The highest BCUT2D eigenvalue weighted by atomic mass is 15.3. The second-order valence-corrected chi connectivity index (χ2v) is 2.38. The van der Waals surface area contributed by atoms with Crippen molar-refractivity contribution in [2.24, 2.45) is 7.05 Å². The van der Waals surface area contributed by atoms with Gasteiger partial charge < -0.3 is 5.32 Å². The second kappa shape index (κ2) is 3.53. The first kappa shape index (κ1) is 8.27. The molecule has 0 atom stereocenters. The van der Waals surface area contributed by atoms with Gasteiger partial charge in [0, 0.05) is 31.9 Å². The maximum Gasteiger partial charge on any atom is 0.0807 e. The van der Waals surface area contributed by atoms with E-state index in [0.717, 1.165) is 13.1 Å². The van der Waals surface area contributed by atoms with E-state index >= 15 is 0 Å². The van der Waals surface area contributed by atoms with Gasteiger partial charge in [0.1, 0.15) is 0 Å². The minimum Gasteiger partial charge on any atom is -0.307 e. The summed E-state index contributed by atoms with van der Waals surface area (Å²) in [6.07, 6.45) is 2.06. The molecule has 0 spiro atoms. The van der Waals surface area contributed by atoms with Gasteiger partial charge in [-0.2, -0.15) is 5.10 Å². The maximum absolute atomic E-state index is 4.25. The summed E-state index contributed by atoms with van der Waals surface area (Å²) >= 11 is 0. The third kappa shape index (κ3) is 1.60. The number of aromatic nitrogens is 2. The van der Waals surface area contributed by atoms with Crippen LogP contribution in [0.3, 0.4) is 0 Å². The Kier molecular flexibility index (Phi) is 2.65. The SMILES string of the molecule is CC.Cn1cc2c(n1)CNC2. The van der Waals surface area contributed by atoms with Crippen molar-refractivity contribution >= 4 is 0 Å². The molecule has 3 nitrogen and oxygen atoms in total. The zero-order chi connectivity index (χ0) is 8.27. The number of hydrogen-bond acceptors (Lipinski definition) is 2. The van der Waals surface area contributed by atoms with Crippen molar-refractivity contribution in [3.8, 4) is 0 Å². The average molecular weight is 153 g/mol. The lowest BCUT2D eigenvalue weighted by atomic mass is 10.3. The molecule has 3 heteroatoms. The maximum atomic E-state index is 4.25. The van der Waals surface area contributed by atoms with Crippen molar-refractivity contribution < 1.29 is 0 Å². The summed E-state index contributed by atoms with van der Waals surface area (Å²) in [6, 6.07) is 0. The van der Waals surface area contributed by atoms with E-state index in [0.29, 0.717) is 0 Å². The summed E-state index contributed by atoms with van der Waals surface area (Å²) in [5.41, 5.74) is 2.55. The van der Waals surface area contributed by atoms with Crippen molar-refractivity contribution in [3.05, 3.63) is 17.5 Å². The third-order valence-corrected chi connectivity index (χ3v) is 1.60. The highest BCUT2D eigenvalue weighted by molar-refractivity contribution is 5.20. The topological polar surface area (TPSA) is 29.9 Å². The summed E-state index contributed by atoms with van der Waals surface area (Å²) in [6.45, 7) is 5.93. The van der Waals surface area contributed by atoms with Crippen molar-refractivity contribution in [1.29, 1.82) is 0 Å². The summed E-state index contributed by atoms with van der Waals surface area (Å²) in [7, 11) is 1.96. The van der Waals surface area contributed by atoms with Gasteiger partial charge in [0.05, 0.1) is 5.69 Å². The van der Waals surface area contributed by atoms with E-state index in [9.17, 15) is 0 Å². The highest BCUT2D eigenvalue weighted by Crippen LogP contribution is 2.10. The van der Waals surface area contributed by atoms with E-state index in [1.165, 1.54) is 11.3 Å². The van der Waals surface area contributed by atoms with Gasteiger partial charge in [-0.1, -0.05) is 13.8 Å². The molecule has 0 aromatic carbocycles. The molecule has 0 aliphatic carbocycles. The lowest BCUT2D eigenvalue weighted by Crippen LogP contribution is -2.03. The minimum absolute atomic E-state index is 0.941. The Labute approximate surface area is 67.4 Å². The smallest absolute Gasteiger partial charge is 0.0807 e. The van der Waals surface area contributed by atoms with Crippen molar-refractivity contribution in [1.82, 2.24) is 15.1 Å². The number of hydrogen-bond donors (Lipinski definition) is 1. The Bertz CT molecular complexity index is 206. The predicted molar refractivity (Wildman–Crippen MR) is 45.1 cm³/mol. The van der Waals surface area contributed by atoms with Crippen LogP contribution in [0.1, 0.15) is 25.1 Å². The molecular formula is C8H15N3. The molecule has 0 radical (unpaired) electrons. The van der Waals surface area contributed by atoms with E-state index in [1.807, 2.05) is 25.6 Å². The van der Waals surface area contributed by atoms with Crippen molar-refractivity contribution in [3.63, 3.8) is 0 Å². The van der Waals surface area contributed by atoms with Crippen LogP contribution in [0.2, 0.25) is 0 Å². The normalized spacial score (nSPS) is 13.7. The summed E-state index contributed by atoms with van der Waals surface area (Å²) < 4.78 is 1.87. The number of nitrogens with one attached hydrogen (secondary N) is 1. The van der Waals surface area contributed by atoms with Gasteiger partial charge in [0.25, 0.3) is 0 Å². The van der Waals surface area contributed by atoms with Crippen LogP contribution in [0.15, 0.2) is 6.20 Å². The molecule has 0 fully saturated rings. The van der Waals surface area contributed by atoms with Crippen LogP contribution in [0.25, 0.3) is 0 Å². The van der Waals surface area contributed by atoms with Crippen LogP contribution >= 0.6 is 0 Å². The molecule has 1 aromatic rings. The van der Waals surface area contributed by atoms with Gasteiger partial charge in [0.2, 0.25) is 0 Å². The van der Waals surface area contributed by atoms with Crippen LogP contribution in [0, 0.1) is 0 Å². The quantitative estimate of drug-likeness (QED) is 0.603. The van der Waals surface area contributed by atoms with Gasteiger partial charge in [-0.25, -0.2) is 0 Å². The van der Waals surface area contributed by atoms with Crippen molar-refractivity contribution in [2.75, 3.05) is 0 Å². The van der Waals surface area contributed by atoms with Crippen LogP contribution in [-0.2, 0) is 20.1 Å². The standard InChI is InChI=1S/C6H9N3.C2H6/c1-9-4-5-2-7-3-6(5)8-9;1-2/h4,7H,2-3H2,1H3;1-2H3. The molecule has 0 bridgehead atoms. The minimum atomic E-state index is 0.941. The Hall–Kier alpha value is -0.830. The Morgan fingerprint density at radius 2 is 2.18 bits per heavy atom. The van der Waals surface area contributed by atoms with Gasteiger partial charge in [0.15, 0.2) is 0 Å². The molecule has 0 saturated carbocycles. The fourth-order valence-corrected chi connectivity index (χ4v) is 1.20. The van der Waals surface area contributed by atoms with E-state index in [4.69, 9.17) is 0 Å². The fraction of sp³-hybridized carbons (Fsp3) is 0.625. The van der Waals surface area contributed by atoms with E-state index < -0.39 is 0 Å². The largest absolute Gasteiger partial charge is 0.307 e. The molecule has 0 saturated heterocycles. The first-order valence-electron chi connectivity index (χ1n) is 4.08. The monoisotopic (exact) mass is 153 g/mol. The summed E-state index contributed by atoms with van der Waals surface area (Å²) in [4.78, 5) is 0.